The Labute approximate surface area is 147 Å². The molecule has 4 nitrogen and oxygen atoms in total. The van der Waals surface area contributed by atoms with Gasteiger partial charge in [-0.2, -0.15) is 13.2 Å². The minimum atomic E-state index is -4.39. The molecule has 0 bridgehead atoms. The summed E-state index contributed by atoms with van der Waals surface area (Å²) in [5.41, 5.74) is 0.556. The third kappa shape index (κ3) is 4.38. The molecular weight excluding hydrogens is 351 g/mol. The average molecular weight is 369 g/mol. The first-order chi connectivity index (χ1) is 11.8. The number of nitrogens with zero attached hydrogens (tertiary/aromatic N) is 3. The first-order valence-electron chi connectivity index (χ1n) is 7.93. The third-order valence-electron chi connectivity index (χ3n) is 4.14. The normalized spacial score (nSPS) is 16.2. The zero-order valence-electron chi connectivity index (χ0n) is 13.7. The quantitative estimate of drug-likeness (QED) is 0.832. The number of aromatic nitrogens is 1. The monoisotopic (exact) mass is 369 g/mol. The number of piperazine rings is 1. The number of carbonyl (C=O) groups excluding carboxylic acids is 1. The summed E-state index contributed by atoms with van der Waals surface area (Å²) in [6.07, 6.45) is -4.39. The maximum Gasteiger partial charge on any atom is 0.416 e. The molecule has 2 aromatic rings. The second-order valence-corrected chi connectivity index (χ2v) is 6.97. The smallest absolute Gasteiger partial charge is 0.336 e. The van der Waals surface area contributed by atoms with Crippen LogP contribution in [-0.4, -0.2) is 46.9 Å². The predicted molar refractivity (Wildman–Crippen MR) is 89.5 cm³/mol. The van der Waals surface area contributed by atoms with Gasteiger partial charge in [0.1, 0.15) is 5.01 Å². The number of carbonyl (C=O) groups is 1. The van der Waals surface area contributed by atoms with E-state index in [1.165, 1.54) is 12.1 Å². The Balaban J connectivity index is 1.56. The molecule has 1 aromatic carbocycles. The van der Waals surface area contributed by atoms with Gasteiger partial charge in [-0.25, -0.2) is 4.98 Å². The molecule has 3 rings (SSSR count). The second-order valence-electron chi connectivity index (χ2n) is 6.03. The largest absolute Gasteiger partial charge is 0.416 e. The zero-order valence-corrected chi connectivity index (χ0v) is 14.5. The molecule has 1 saturated heterocycles. The van der Waals surface area contributed by atoms with E-state index < -0.39 is 11.7 Å². The lowest BCUT2D eigenvalue weighted by atomic mass is 10.1. The lowest BCUT2D eigenvalue weighted by Crippen LogP contribution is -2.48. The van der Waals surface area contributed by atoms with Crippen molar-refractivity contribution in [3.8, 4) is 0 Å². The molecule has 1 aliphatic heterocycles. The van der Waals surface area contributed by atoms with Crippen molar-refractivity contribution in [2.75, 3.05) is 26.2 Å². The minimum absolute atomic E-state index is 0.224. The molecule has 0 aliphatic carbocycles. The molecule has 0 N–H and O–H groups in total. The molecule has 1 amide bonds. The van der Waals surface area contributed by atoms with Crippen LogP contribution in [0, 0.1) is 6.92 Å². The van der Waals surface area contributed by atoms with Gasteiger partial charge in [0, 0.05) is 42.8 Å². The first-order valence-corrected chi connectivity index (χ1v) is 8.81. The molecule has 134 valence electrons. The molecule has 1 fully saturated rings. The van der Waals surface area contributed by atoms with E-state index in [0.29, 0.717) is 13.1 Å². The van der Waals surface area contributed by atoms with Gasteiger partial charge in [-0.1, -0.05) is 0 Å². The van der Waals surface area contributed by atoms with Crippen molar-refractivity contribution in [1.29, 1.82) is 0 Å². The van der Waals surface area contributed by atoms with Crippen LogP contribution >= 0.6 is 11.3 Å². The maximum absolute atomic E-state index is 12.6. The Hall–Kier alpha value is -1.93. The van der Waals surface area contributed by atoms with E-state index in [2.05, 4.69) is 9.88 Å². The number of aryl methyl sites for hydroxylation is 1. The van der Waals surface area contributed by atoms with Crippen LogP contribution in [0.2, 0.25) is 0 Å². The maximum atomic E-state index is 12.6. The SMILES string of the molecule is Cc1csc(CN2CCN(C(=O)c3ccc(C(F)(F)F)cc3)CC2)n1. The van der Waals surface area contributed by atoms with Crippen LogP contribution in [0.1, 0.15) is 26.6 Å². The summed E-state index contributed by atoms with van der Waals surface area (Å²) in [6, 6.07) is 4.40. The topological polar surface area (TPSA) is 36.4 Å². The van der Waals surface area contributed by atoms with E-state index in [0.717, 1.165) is 42.5 Å². The lowest BCUT2D eigenvalue weighted by molar-refractivity contribution is -0.137. The third-order valence-corrected chi connectivity index (χ3v) is 5.10. The number of halogens is 3. The molecule has 8 heteroatoms. The highest BCUT2D eigenvalue weighted by molar-refractivity contribution is 7.09. The highest BCUT2D eigenvalue weighted by Gasteiger charge is 2.30. The Morgan fingerprint density at radius 1 is 1.16 bits per heavy atom. The molecule has 1 aliphatic rings. The highest BCUT2D eigenvalue weighted by atomic mass is 32.1. The van der Waals surface area contributed by atoms with Gasteiger partial charge < -0.3 is 4.90 Å². The Kier molecular flexibility index (Phi) is 5.10. The fourth-order valence-electron chi connectivity index (χ4n) is 2.76. The molecule has 25 heavy (non-hydrogen) atoms. The molecular formula is C17H18F3N3OS. The number of thiazole rings is 1. The molecule has 0 atom stereocenters. The van der Waals surface area contributed by atoms with Crippen LogP contribution in [-0.2, 0) is 12.7 Å². The van der Waals surface area contributed by atoms with Crippen molar-refractivity contribution < 1.29 is 18.0 Å². The number of alkyl halides is 3. The zero-order chi connectivity index (χ0) is 18.0. The van der Waals surface area contributed by atoms with E-state index in [1.54, 1.807) is 16.2 Å². The van der Waals surface area contributed by atoms with Crippen LogP contribution in [0.4, 0.5) is 13.2 Å². The van der Waals surface area contributed by atoms with Gasteiger partial charge in [-0.15, -0.1) is 11.3 Å². The molecule has 0 spiro atoms. The molecule has 0 unspecified atom stereocenters. The Morgan fingerprint density at radius 3 is 2.32 bits per heavy atom. The fourth-order valence-corrected chi connectivity index (χ4v) is 3.57. The van der Waals surface area contributed by atoms with Crippen LogP contribution in [0.25, 0.3) is 0 Å². The Morgan fingerprint density at radius 2 is 1.80 bits per heavy atom. The summed E-state index contributed by atoms with van der Waals surface area (Å²) in [7, 11) is 0. The van der Waals surface area contributed by atoms with Gasteiger partial charge in [0.15, 0.2) is 0 Å². The van der Waals surface area contributed by atoms with Gasteiger partial charge >= 0.3 is 6.18 Å². The number of rotatable bonds is 3. The van der Waals surface area contributed by atoms with E-state index in [9.17, 15) is 18.0 Å². The van der Waals surface area contributed by atoms with Crippen molar-refractivity contribution >= 4 is 17.2 Å². The molecule has 1 aromatic heterocycles. The summed E-state index contributed by atoms with van der Waals surface area (Å²) in [6.45, 7) is 5.30. The van der Waals surface area contributed by atoms with Crippen molar-refractivity contribution in [2.24, 2.45) is 0 Å². The summed E-state index contributed by atoms with van der Waals surface area (Å²) < 4.78 is 37.8. The van der Waals surface area contributed by atoms with Crippen molar-refractivity contribution in [1.82, 2.24) is 14.8 Å². The Bertz CT molecular complexity index is 734. The number of amides is 1. The fraction of sp³-hybridized carbons (Fsp3) is 0.412. The van der Waals surface area contributed by atoms with Gasteiger partial charge in [-0.3, -0.25) is 9.69 Å². The van der Waals surface area contributed by atoms with E-state index >= 15 is 0 Å². The lowest BCUT2D eigenvalue weighted by Gasteiger charge is -2.34. The summed E-state index contributed by atoms with van der Waals surface area (Å²) in [5.74, 6) is -0.224. The van der Waals surface area contributed by atoms with Crippen molar-refractivity contribution in [3.05, 3.63) is 51.5 Å². The van der Waals surface area contributed by atoms with Crippen LogP contribution in [0.15, 0.2) is 29.6 Å². The van der Waals surface area contributed by atoms with Gasteiger partial charge in [0.2, 0.25) is 0 Å². The number of hydrogen-bond donors (Lipinski definition) is 0. The minimum Gasteiger partial charge on any atom is -0.336 e. The number of benzene rings is 1. The van der Waals surface area contributed by atoms with Gasteiger partial charge in [-0.05, 0) is 31.2 Å². The second kappa shape index (κ2) is 7.13. The summed E-state index contributed by atoms with van der Waals surface area (Å²) >= 11 is 1.63. The van der Waals surface area contributed by atoms with Crippen molar-refractivity contribution in [2.45, 2.75) is 19.6 Å². The van der Waals surface area contributed by atoms with E-state index in [1.807, 2.05) is 12.3 Å². The van der Waals surface area contributed by atoms with Crippen molar-refractivity contribution in [3.63, 3.8) is 0 Å². The van der Waals surface area contributed by atoms with Gasteiger partial charge in [0.25, 0.3) is 5.91 Å². The predicted octanol–water partition coefficient (Wildman–Crippen LogP) is 3.43. The van der Waals surface area contributed by atoms with Gasteiger partial charge in [0.05, 0.1) is 12.1 Å². The molecule has 0 saturated carbocycles. The summed E-state index contributed by atoms with van der Waals surface area (Å²) in [5, 5.41) is 3.07. The average Bonchev–Trinajstić information content (AvgIpc) is 2.99. The van der Waals surface area contributed by atoms with E-state index in [-0.39, 0.29) is 11.5 Å². The highest BCUT2D eigenvalue weighted by Crippen LogP contribution is 2.29. The van der Waals surface area contributed by atoms with Crippen LogP contribution in [0.3, 0.4) is 0 Å². The van der Waals surface area contributed by atoms with Crippen LogP contribution < -0.4 is 0 Å². The van der Waals surface area contributed by atoms with E-state index in [4.69, 9.17) is 0 Å². The summed E-state index contributed by atoms with van der Waals surface area (Å²) in [4.78, 5) is 20.8. The molecule has 2 heterocycles. The molecule has 0 radical (unpaired) electrons. The number of hydrogen-bond acceptors (Lipinski definition) is 4. The van der Waals surface area contributed by atoms with Crippen LogP contribution in [0.5, 0.6) is 0 Å². The standard InChI is InChI=1S/C17H18F3N3OS/c1-12-11-25-15(21-12)10-22-6-8-23(9-7-22)16(24)13-2-4-14(5-3-13)17(18,19)20/h2-5,11H,6-10H2,1H3. The first kappa shape index (κ1) is 17.9.